The van der Waals surface area contributed by atoms with E-state index < -0.39 is 9.84 Å². The van der Waals surface area contributed by atoms with E-state index in [0.29, 0.717) is 6.42 Å². The van der Waals surface area contributed by atoms with Crippen molar-refractivity contribution in [1.82, 2.24) is 4.98 Å². The third-order valence-electron chi connectivity index (χ3n) is 3.27. The molecule has 1 aliphatic heterocycles. The molecule has 1 atom stereocenters. The molecule has 2 heterocycles. The molecular formula is C13H21N3O2S. The minimum absolute atomic E-state index is 0.194. The average molecular weight is 283 g/mol. The number of sulfone groups is 1. The molecule has 0 aliphatic carbocycles. The van der Waals surface area contributed by atoms with Gasteiger partial charge in [0.25, 0.3) is 0 Å². The first-order chi connectivity index (χ1) is 8.92. The molecule has 1 aliphatic rings. The largest absolute Gasteiger partial charge is 0.379 e. The smallest absolute Gasteiger partial charge is 0.152 e. The Morgan fingerprint density at radius 1 is 1.47 bits per heavy atom. The highest BCUT2D eigenvalue weighted by molar-refractivity contribution is 7.91. The fourth-order valence-electron chi connectivity index (χ4n) is 2.32. The highest BCUT2D eigenvalue weighted by Gasteiger charge is 2.38. The van der Waals surface area contributed by atoms with E-state index in [-0.39, 0.29) is 17.0 Å². The summed E-state index contributed by atoms with van der Waals surface area (Å²) in [4.78, 5) is 4.23. The van der Waals surface area contributed by atoms with Crippen LogP contribution in [0.15, 0.2) is 18.3 Å². The quantitative estimate of drug-likeness (QED) is 0.863. The first-order valence-electron chi connectivity index (χ1n) is 6.61. The summed E-state index contributed by atoms with van der Waals surface area (Å²) in [7, 11) is -2.89. The Labute approximate surface area is 114 Å². The van der Waals surface area contributed by atoms with Gasteiger partial charge in [-0.2, -0.15) is 0 Å². The molecule has 5 nitrogen and oxygen atoms in total. The molecule has 2 N–H and O–H groups in total. The van der Waals surface area contributed by atoms with Gasteiger partial charge in [0.2, 0.25) is 0 Å². The van der Waals surface area contributed by atoms with Gasteiger partial charge < -0.3 is 10.6 Å². The number of nitrogens with one attached hydrogen (secondary N) is 2. The van der Waals surface area contributed by atoms with Crippen molar-refractivity contribution >= 4 is 21.3 Å². The van der Waals surface area contributed by atoms with Gasteiger partial charge in [0.15, 0.2) is 9.84 Å². The second-order valence-electron chi connectivity index (χ2n) is 5.38. The number of hydrogen-bond donors (Lipinski definition) is 2. The van der Waals surface area contributed by atoms with Crippen LogP contribution >= 0.6 is 0 Å². The molecule has 1 aromatic heterocycles. The van der Waals surface area contributed by atoms with E-state index in [0.717, 1.165) is 24.5 Å². The molecule has 1 unspecified atom stereocenters. The molecule has 106 valence electrons. The Bertz CT molecular complexity index is 545. The normalized spacial score (nSPS) is 25.2. The Kier molecular flexibility index (Phi) is 3.99. The van der Waals surface area contributed by atoms with Crippen molar-refractivity contribution in [2.45, 2.75) is 32.2 Å². The van der Waals surface area contributed by atoms with Crippen LogP contribution in [0.2, 0.25) is 0 Å². The lowest BCUT2D eigenvalue weighted by molar-refractivity contribution is 0.574. The van der Waals surface area contributed by atoms with Crippen molar-refractivity contribution < 1.29 is 8.42 Å². The van der Waals surface area contributed by atoms with Crippen molar-refractivity contribution in [3.8, 4) is 0 Å². The molecule has 2 rings (SSSR count). The summed E-state index contributed by atoms with van der Waals surface area (Å²) >= 11 is 0. The summed E-state index contributed by atoms with van der Waals surface area (Å²) in [5, 5.41) is 6.55. The van der Waals surface area contributed by atoms with Gasteiger partial charge in [0.05, 0.1) is 11.5 Å². The highest BCUT2D eigenvalue weighted by atomic mass is 32.2. The Morgan fingerprint density at radius 3 is 2.89 bits per heavy atom. The third kappa shape index (κ3) is 3.83. The standard InChI is InChI=1S/C13H21N3O2S/c1-3-6-14-12-9-11(4-7-15-12)16-13(2)5-8-19(17,18)10-13/h4,7,9H,3,5-6,8,10H2,1-2H3,(H2,14,15,16). The van der Waals surface area contributed by atoms with Gasteiger partial charge in [-0.25, -0.2) is 13.4 Å². The lowest BCUT2D eigenvalue weighted by Crippen LogP contribution is -2.35. The Morgan fingerprint density at radius 2 is 2.26 bits per heavy atom. The van der Waals surface area contributed by atoms with Crippen molar-refractivity contribution in [2.24, 2.45) is 0 Å². The highest BCUT2D eigenvalue weighted by Crippen LogP contribution is 2.27. The maximum absolute atomic E-state index is 11.6. The van der Waals surface area contributed by atoms with Crippen molar-refractivity contribution in [3.05, 3.63) is 18.3 Å². The fourth-order valence-corrected chi connectivity index (χ4v) is 4.41. The van der Waals surface area contributed by atoms with Gasteiger partial charge in [-0.1, -0.05) is 6.92 Å². The van der Waals surface area contributed by atoms with E-state index >= 15 is 0 Å². The molecule has 0 bridgehead atoms. The first-order valence-corrected chi connectivity index (χ1v) is 8.43. The van der Waals surface area contributed by atoms with E-state index in [1.165, 1.54) is 0 Å². The molecule has 0 saturated carbocycles. The van der Waals surface area contributed by atoms with Crippen LogP contribution in [0.1, 0.15) is 26.7 Å². The summed E-state index contributed by atoms with van der Waals surface area (Å²) in [6.45, 7) is 4.93. The van der Waals surface area contributed by atoms with Gasteiger partial charge >= 0.3 is 0 Å². The topological polar surface area (TPSA) is 71.1 Å². The van der Waals surface area contributed by atoms with E-state index in [9.17, 15) is 8.42 Å². The molecule has 0 radical (unpaired) electrons. The number of aromatic nitrogens is 1. The summed E-state index contributed by atoms with van der Waals surface area (Å²) in [6, 6.07) is 3.79. The molecule has 0 aromatic carbocycles. The minimum Gasteiger partial charge on any atom is -0.379 e. The van der Waals surface area contributed by atoms with E-state index in [4.69, 9.17) is 0 Å². The summed E-state index contributed by atoms with van der Waals surface area (Å²) in [5.41, 5.74) is 0.538. The molecule has 0 amide bonds. The summed E-state index contributed by atoms with van der Waals surface area (Å²) in [5.74, 6) is 1.28. The molecular weight excluding hydrogens is 262 g/mol. The van der Waals surface area contributed by atoms with Crippen molar-refractivity contribution in [3.63, 3.8) is 0 Å². The lowest BCUT2D eigenvalue weighted by atomic mass is 10.0. The van der Waals surface area contributed by atoms with Crippen LogP contribution in [0, 0.1) is 0 Å². The molecule has 1 saturated heterocycles. The Hall–Kier alpha value is -1.30. The van der Waals surface area contributed by atoms with Crippen LogP contribution < -0.4 is 10.6 Å². The molecule has 19 heavy (non-hydrogen) atoms. The summed E-state index contributed by atoms with van der Waals surface area (Å²) < 4.78 is 23.2. The van der Waals surface area contributed by atoms with Gasteiger partial charge in [-0.05, 0) is 25.8 Å². The SMILES string of the molecule is CCCNc1cc(NC2(C)CCS(=O)(=O)C2)ccn1. The number of nitrogens with zero attached hydrogens (tertiary/aromatic N) is 1. The first kappa shape index (κ1) is 14.1. The molecule has 1 aromatic rings. The van der Waals surface area contributed by atoms with E-state index in [1.807, 2.05) is 19.1 Å². The number of hydrogen-bond acceptors (Lipinski definition) is 5. The predicted octanol–water partition coefficient (Wildman–Crippen LogP) is 1.89. The minimum atomic E-state index is -2.89. The van der Waals surface area contributed by atoms with Gasteiger partial charge in [0.1, 0.15) is 5.82 Å². The summed E-state index contributed by atoms with van der Waals surface area (Å²) in [6.07, 6.45) is 3.41. The van der Waals surface area contributed by atoms with Gasteiger partial charge in [-0.15, -0.1) is 0 Å². The second kappa shape index (κ2) is 5.36. The maximum atomic E-state index is 11.6. The average Bonchev–Trinajstić information content (AvgIpc) is 2.61. The monoisotopic (exact) mass is 283 g/mol. The molecule has 0 spiro atoms. The Balaban J connectivity index is 2.07. The molecule has 1 fully saturated rings. The van der Waals surface area contributed by atoms with Crippen molar-refractivity contribution in [2.75, 3.05) is 28.7 Å². The number of rotatable bonds is 5. The number of pyridine rings is 1. The zero-order valence-corrected chi connectivity index (χ0v) is 12.3. The molecule has 6 heteroatoms. The second-order valence-corrected chi connectivity index (χ2v) is 7.57. The van der Waals surface area contributed by atoms with Crippen LogP contribution in [-0.2, 0) is 9.84 Å². The number of anilines is 2. The van der Waals surface area contributed by atoms with Gasteiger partial charge in [-0.3, -0.25) is 0 Å². The van der Waals surface area contributed by atoms with Crippen LogP contribution in [0.5, 0.6) is 0 Å². The zero-order chi connectivity index (χ0) is 13.9. The fraction of sp³-hybridized carbons (Fsp3) is 0.615. The van der Waals surface area contributed by atoms with Crippen LogP contribution in [0.25, 0.3) is 0 Å². The third-order valence-corrected chi connectivity index (χ3v) is 5.17. The van der Waals surface area contributed by atoms with Crippen LogP contribution in [0.3, 0.4) is 0 Å². The van der Waals surface area contributed by atoms with Crippen LogP contribution in [0.4, 0.5) is 11.5 Å². The van der Waals surface area contributed by atoms with Gasteiger partial charge in [0, 0.05) is 30.0 Å². The van der Waals surface area contributed by atoms with E-state index in [1.54, 1.807) is 6.20 Å². The van der Waals surface area contributed by atoms with Crippen molar-refractivity contribution in [1.29, 1.82) is 0 Å². The zero-order valence-electron chi connectivity index (χ0n) is 11.4. The predicted molar refractivity (Wildman–Crippen MR) is 78.3 cm³/mol. The lowest BCUT2D eigenvalue weighted by Gasteiger charge is -2.25. The maximum Gasteiger partial charge on any atom is 0.152 e. The van der Waals surface area contributed by atoms with Crippen LogP contribution in [-0.4, -0.2) is 37.0 Å². The van der Waals surface area contributed by atoms with E-state index in [2.05, 4.69) is 22.5 Å².